The van der Waals surface area contributed by atoms with Crippen LogP contribution < -0.4 is 5.56 Å². The lowest BCUT2D eigenvalue weighted by molar-refractivity contribution is -0.142. The van der Waals surface area contributed by atoms with Crippen molar-refractivity contribution < 1.29 is 9.21 Å². The van der Waals surface area contributed by atoms with Crippen LogP contribution in [0.3, 0.4) is 0 Å². The molecule has 2 aromatic heterocycles. The number of amides is 1. The zero-order valence-electron chi connectivity index (χ0n) is 20.3. The topological polar surface area (TPSA) is 68.3 Å². The maximum absolute atomic E-state index is 13.8. The number of fused-ring (bicyclic) bond motifs is 1. The second-order valence-corrected chi connectivity index (χ2v) is 9.25. The van der Waals surface area contributed by atoms with Crippen LogP contribution in [0, 0.1) is 5.92 Å². The van der Waals surface area contributed by atoms with E-state index in [0.29, 0.717) is 29.7 Å². The van der Waals surface area contributed by atoms with E-state index in [4.69, 9.17) is 9.40 Å². The summed E-state index contributed by atoms with van der Waals surface area (Å²) in [5, 5.41) is 0.563. The van der Waals surface area contributed by atoms with Gasteiger partial charge >= 0.3 is 0 Å². The first-order valence-corrected chi connectivity index (χ1v) is 12.5. The highest BCUT2D eigenvalue weighted by molar-refractivity contribution is 5.81. The van der Waals surface area contributed by atoms with Crippen molar-refractivity contribution in [2.75, 3.05) is 0 Å². The lowest BCUT2D eigenvalue weighted by Gasteiger charge is -2.36. The minimum atomic E-state index is -0.378. The highest BCUT2D eigenvalue weighted by Gasteiger charge is 2.35. The number of para-hydroxylation sites is 1. The van der Waals surface area contributed by atoms with Gasteiger partial charge in [0, 0.05) is 5.92 Å². The minimum absolute atomic E-state index is 0.0171. The molecule has 0 radical (unpaired) electrons. The molecule has 0 spiro atoms. The average molecular weight is 470 g/mol. The molecule has 1 amide bonds. The number of aromatic nitrogens is 2. The molecule has 35 heavy (non-hydrogen) atoms. The Morgan fingerprint density at radius 1 is 1.09 bits per heavy atom. The molecule has 1 atom stereocenters. The number of benzene rings is 2. The Morgan fingerprint density at radius 2 is 1.86 bits per heavy atom. The van der Waals surface area contributed by atoms with E-state index < -0.39 is 0 Å². The predicted octanol–water partition coefficient (Wildman–Crippen LogP) is 5.82. The molecule has 6 nitrogen and oxygen atoms in total. The quantitative estimate of drug-likeness (QED) is 0.326. The van der Waals surface area contributed by atoms with Crippen LogP contribution in [0.4, 0.5) is 0 Å². The van der Waals surface area contributed by atoms with Gasteiger partial charge in [0.15, 0.2) is 0 Å². The molecular weight excluding hydrogens is 438 g/mol. The van der Waals surface area contributed by atoms with E-state index in [1.807, 2.05) is 72.5 Å². The van der Waals surface area contributed by atoms with E-state index in [9.17, 15) is 9.59 Å². The Kier molecular flexibility index (Phi) is 6.53. The number of hydrogen-bond donors (Lipinski definition) is 0. The third-order valence-corrected chi connectivity index (χ3v) is 7.11. The van der Waals surface area contributed by atoms with E-state index in [1.54, 1.807) is 10.8 Å². The molecule has 5 rings (SSSR count). The number of nitrogens with zero attached hydrogens (tertiary/aromatic N) is 3. The van der Waals surface area contributed by atoms with E-state index in [2.05, 4.69) is 6.92 Å². The second kappa shape index (κ2) is 9.90. The van der Waals surface area contributed by atoms with E-state index >= 15 is 0 Å². The van der Waals surface area contributed by atoms with Gasteiger partial charge in [0.1, 0.15) is 11.6 Å². The van der Waals surface area contributed by atoms with Crippen molar-refractivity contribution in [3.05, 3.63) is 94.4 Å². The van der Waals surface area contributed by atoms with Crippen molar-refractivity contribution in [3.8, 4) is 5.69 Å². The summed E-state index contributed by atoms with van der Waals surface area (Å²) in [5.74, 6) is 1.43. The Labute approximate surface area is 205 Å². The molecule has 6 heteroatoms. The van der Waals surface area contributed by atoms with Gasteiger partial charge in [0.25, 0.3) is 5.56 Å². The molecule has 1 aliphatic carbocycles. The Bertz CT molecular complexity index is 1370. The summed E-state index contributed by atoms with van der Waals surface area (Å²) in [4.78, 5) is 34.4. The number of carbonyl (C=O) groups excluding carboxylic acids is 1. The molecule has 1 aliphatic rings. The van der Waals surface area contributed by atoms with Crippen molar-refractivity contribution in [1.29, 1.82) is 0 Å². The van der Waals surface area contributed by atoms with E-state index in [-0.39, 0.29) is 23.4 Å². The third-order valence-electron chi connectivity index (χ3n) is 7.11. The van der Waals surface area contributed by atoms with Gasteiger partial charge in [-0.15, -0.1) is 0 Å². The highest BCUT2D eigenvalue weighted by atomic mass is 16.3. The maximum Gasteiger partial charge on any atom is 0.266 e. The molecule has 180 valence electrons. The van der Waals surface area contributed by atoms with Crippen molar-refractivity contribution in [2.45, 2.75) is 58.5 Å². The molecule has 1 saturated carbocycles. The SMILES string of the molecule is CCc1ccc(-n2c(C(CC)N(Cc3ccco3)C(=O)C3CCC3)nc3ccccc3c2=O)cc1. The van der Waals surface area contributed by atoms with Crippen molar-refractivity contribution in [1.82, 2.24) is 14.5 Å². The van der Waals surface area contributed by atoms with Crippen LogP contribution in [-0.4, -0.2) is 20.4 Å². The molecule has 1 unspecified atom stereocenters. The summed E-state index contributed by atoms with van der Waals surface area (Å²) in [6, 6.07) is 18.8. The molecule has 0 saturated heterocycles. The van der Waals surface area contributed by atoms with Gasteiger partial charge in [-0.1, -0.05) is 44.5 Å². The Hall–Kier alpha value is -3.67. The average Bonchev–Trinajstić information content (AvgIpc) is 3.36. The van der Waals surface area contributed by atoms with Crippen molar-refractivity contribution in [2.24, 2.45) is 5.92 Å². The Morgan fingerprint density at radius 3 is 2.49 bits per heavy atom. The first-order chi connectivity index (χ1) is 17.1. The van der Waals surface area contributed by atoms with Crippen LogP contribution in [0.15, 0.2) is 76.1 Å². The minimum Gasteiger partial charge on any atom is -0.467 e. The Balaban J connectivity index is 1.69. The summed E-state index contributed by atoms with van der Waals surface area (Å²) >= 11 is 0. The number of rotatable bonds is 8. The van der Waals surface area contributed by atoms with Crippen LogP contribution in [0.2, 0.25) is 0 Å². The van der Waals surface area contributed by atoms with Crippen LogP contribution in [-0.2, 0) is 17.8 Å². The largest absolute Gasteiger partial charge is 0.467 e. The van der Waals surface area contributed by atoms with Gasteiger partial charge in [-0.25, -0.2) is 4.98 Å². The fourth-order valence-corrected chi connectivity index (χ4v) is 4.85. The van der Waals surface area contributed by atoms with Crippen molar-refractivity contribution in [3.63, 3.8) is 0 Å². The molecule has 2 heterocycles. The molecule has 1 fully saturated rings. The number of aryl methyl sites for hydroxylation is 1. The molecule has 0 N–H and O–H groups in total. The first kappa shape index (κ1) is 23.1. The monoisotopic (exact) mass is 469 g/mol. The normalized spacial score (nSPS) is 14.6. The van der Waals surface area contributed by atoms with E-state index in [0.717, 1.165) is 37.1 Å². The summed E-state index contributed by atoms with van der Waals surface area (Å²) in [5.41, 5.74) is 2.47. The lowest BCUT2D eigenvalue weighted by atomic mass is 9.84. The summed E-state index contributed by atoms with van der Waals surface area (Å²) in [6.45, 7) is 4.49. The summed E-state index contributed by atoms with van der Waals surface area (Å²) < 4.78 is 7.32. The van der Waals surface area contributed by atoms with Gasteiger partial charge in [-0.2, -0.15) is 0 Å². The molecule has 0 aliphatic heterocycles. The van der Waals surface area contributed by atoms with Crippen LogP contribution >= 0.6 is 0 Å². The van der Waals surface area contributed by atoms with Gasteiger partial charge in [-0.3, -0.25) is 14.2 Å². The molecular formula is C29H31N3O3. The zero-order valence-corrected chi connectivity index (χ0v) is 20.3. The van der Waals surface area contributed by atoms with Gasteiger partial charge < -0.3 is 9.32 Å². The molecule has 4 aromatic rings. The second-order valence-electron chi connectivity index (χ2n) is 9.25. The number of furan rings is 1. The predicted molar refractivity (Wildman–Crippen MR) is 136 cm³/mol. The fraction of sp³-hybridized carbons (Fsp3) is 0.345. The van der Waals surface area contributed by atoms with E-state index in [1.165, 1.54) is 5.56 Å². The maximum atomic E-state index is 13.8. The zero-order chi connectivity index (χ0) is 24.4. The fourth-order valence-electron chi connectivity index (χ4n) is 4.85. The number of carbonyl (C=O) groups is 1. The summed E-state index contributed by atoms with van der Waals surface area (Å²) in [6.07, 6.45) is 6.05. The lowest BCUT2D eigenvalue weighted by Crippen LogP contribution is -2.42. The smallest absolute Gasteiger partial charge is 0.266 e. The first-order valence-electron chi connectivity index (χ1n) is 12.5. The molecule has 0 bridgehead atoms. The number of hydrogen-bond acceptors (Lipinski definition) is 4. The van der Waals surface area contributed by atoms with Crippen LogP contribution in [0.25, 0.3) is 16.6 Å². The standard InChI is InChI=1S/C29H31N3O3/c1-3-20-14-16-22(17-15-20)32-27(30-25-13-6-5-12-24(25)29(32)34)26(4-2)31(19-23-11-8-18-35-23)28(33)21-9-7-10-21/h5-6,8,11-18,21,26H,3-4,7,9-10,19H2,1-2H3. The van der Waals surface area contributed by atoms with Gasteiger partial charge in [0.05, 0.1) is 35.4 Å². The van der Waals surface area contributed by atoms with Gasteiger partial charge in [-0.05, 0) is 67.6 Å². The van der Waals surface area contributed by atoms with Crippen LogP contribution in [0.5, 0.6) is 0 Å². The van der Waals surface area contributed by atoms with Crippen LogP contribution in [0.1, 0.15) is 62.7 Å². The van der Waals surface area contributed by atoms with Crippen molar-refractivity contribution >= 4 is 16.8 Å². The highest BCUT2D eigenvalue weighted by Crippen LogP contribution is 2.34. The third kappa shape index (κ3) is 4.41. The summed E-state index contributed by atoms with van der Waals surface area (Å²) in [7, 11) is 0. The molecule has 2 aromatic carbocycles. The van der Waals surface area contributed by atoms with Gasteiger partial charge in [0.2, 0.25) is 5.91 Å².